The van der Waals surface area contributed by atoms with Crippen LogP contribution in [-0.4, -0.2) is 24.0 Å². The van der Waals surface area contributed by atoms with E-state index in [-0.39, 0.29) is 5.91 Å². The van der Waals surface area contributed by atoms with Crippen molar-refractivity contribution in [1.29, 1.82) is 0 Å². The Balaban J connectivity index is 2.16. The van der Waals surface area contributed by atoms with Gasteiger partial charge in [0.15, 0.2) is 0 Å². The van der Waals surface area contributed by atoms with E-state index in [0.29, 0.717) is 11.0 Å². The van der Waals surface area contributed by atoms with E-state index in [9.17, 15) is 4.79 Å². The minimum atomic E-state index is -0.755. The Kier molecular flexibility index (Phi) is 4.88. The van der Waals surface area contributed by atoms with Crippen LogP contribution in [0.15, 0.2) is 30.3 Å². The Morgan fingerprint density at radius 1 is 1.37 bits per heavy atom. The average molecular weight is 278 g/mol. The van der Waals surface area contributed by atoms with Crippen LogP contribution >= 0.6 is 11.8 Å². The molecule has 0 saturated heterocycles. The molecule has 1 aromatic carbocycles. The molecule has 19 heavy (non-hydrogen) atoms. The number of benzene rings is 1. The molecule has 1 atom stereocenters. The number of carbonyl (C=O) groups is 1. The lowest BCUT2D eigenvalue weighted by Gasteiger charge is -2.31. The fourth-order valence-electron chi connectivity index (χ4n) is 2.66. The average Bonchev–Trinajstić information content (AvgIpc) is 2.94. The third-order valence-corrected chi connectivity index (χ3v) is 5.49. The number of nitrogens with two attached hydrogens (primary N) is 1. The van der Waals surface area contributed by atoms with Crippen LogP contribution in [0.1, 0.15) is 31.2 Å². The molecule has 1 saturated carbocycles. The zero-order valence-corrected chi connectivity index (χ0v) is 12.2. The summed E-state index contributed by atoms with van der Waals surface area (Å²) in [5.41, 5.74) is 5.88. The number of hydrogen-bond acceptors (Lipinski definition) is 3. The van der Waals surface area contributed by atoms with Crippen LogP contribution in [0.2, 0.25) is 0 Å². The second-order valence-corrected chi connectivity index (χ2v) is 6.39. The zero-order chi connectivity index (χ0) is 13.7. The number of likely N-dealkylation sites (N-methyl/N-ethyl adjacent to an activating group) is 1. The third kappa shape index (κ3) is 3.12. The van der Waals surface area contributed by atoms with Crippen molar-refractivity contribution < 1.29 is 4.79 Å². The van der Waals surface area contributed by atoms with E-state index in [2.05, 4.69) is 5.32 Å². The van der Waals surface area contributed by atoms with E-state index >= 15 is 0 Å². The molecule has 0 aliphatic heterocycles. The lowest BCUT2D eigenvalue weighted by Crippen LogP contribution is -2.53. The standard InChI is InChI=1S/C15H22N2OS/c1-17-15(14(16)18,12-7-3-2-4-8-12)11-19-13-9-5-6-10-13/h2-4,7-8,13,17H,5-6,9-11H2,1H3,(H2,16,18). The molecular weight excluding hydrogens is 256 g/mol. The van der Waals surface area contributed by atoms with E-state index in [1.54, 1.807) is 0 Å². The molecule has 3 N–H and O–H groups in total. The summed E-state index contributed by atoms with van der Waals surface area (Å²) in [4.78, 5) is 12.0. The highest BCUT2D eigenvalue weighted by Gasteiger charge is 2.37. The number of nitrogens with one attached hydrogen (secondary N) is 1. The molecular formula is C15H22N2OS. The monoisotopic (exact) mass is 278 g/mol. The first kappa shape index (κ1) is 14.4. The maximum atomic E-state index is 12.0. The molecule has 0 spiro atoms. The summed E-state index contributed by atoms with van der Waals surface area (Å²) in [7, 11) is 1.81. The van der Waals surface area contributed by atoms with Crippen LogP contribution in [0.3, 0.4) is 0 Å². The Morgan fingerprint density at radius 2 is 2.00 bits per heavy atom. The van der Waals surface area contributed by atoms with Crippen molar-refractivity contribution in [3.8, 4) is 0 Å². The quantitative estimate of drug-likeness (QED) is 0.839. The second kappa shape index (κ2) is 6.44. The summed E-state index contributed by atoms with van der Waals surface area (Å²) in [6, 6.07) is 9.79. The lowest BCUT2D eigenvalue weighted by atomic mass is 9.91. The largest absolute Gasteiger partial charge is 0.368 e. The van der Waals surface area contributed by atoms with Crippen LogP contribution < -0.4 is 11.1 Å². The number of carbonyl (C=O) groups excluding carboxylic acids is 1. The first-order chi connectivity index (χ1) is 9.19. The number of thioether (sulfide) groups is 1. The Labute approximate surface area is 119 Å². The van der Waals surface area contributed by atoms with E-state index in [1.165, 1.54) is 25.7 Å². The van der Waals surface area contributed by atoms with Gasteiger partial charge >= 0.3 is 0 Å². The number of hydrogen-bond donors (Lipinski definition) is 2. The molecule has 0 radical (unpaired) electrons. The Bertz CT molecular complexity index is 417. The minimum absolute atomic E-state index is 0.299. The van der Waals surface area contributed by atoms with Gasteiger partial charge in [-0.05, 0) is 25.5 Å². The van der Waals surface area contributed by atoms with Crippen LogP contribution in [0.5, 0.6) is 0 Å². The second-order valence-electron chi connectivity index (χ2n) is 5.10. The van der Waals surface area contributed by atoms with Crippen LogP contribution in [-0.2, 0) is 10.3 Å². The van der Waals surface area contributed by atoms with Gasteiger partial charge in [0.25, 0.3) is 0 Å². The van der Waals surface area contributed by atoms with Gasteiger partial charge < -0.3 is 11.1 Å². The molecule has 1 amide bonds. The first-order valence-electron chi connectivity index (χ1n) is 6.85. The van der Waals surface area contributed by atoms with E-state index in [0.717, 1.165) is 5.56 Å². The van der Waals surface area contributed by atoms with Crippen LogP contribution in [0.4, 0.5) is 0 Å². The molecule has 1 aliphatic carbocycles. The molecule has 1 unspecified atom stereocenters. The minimum Gasteiger partial charge on any atom is -0.368 e. The molecule has 1 aliphatic rings. The SMILES string of the molecule is CNC(CSC1CCCC1)(C(N)=O)c1ccccc1. The summed E-state index contributed by atoms with van der Waals surface area (Å²) in [6.07, 6.45) is 5.15. The van der Waals surface area contributed by atoms with Gasteiger partial charge in [0.1, 0.15) is 5.54 Å². The molecule has 0 heterocycles. The van der Waals surface area contributed by atoms with Crippen molar-refractivity contribution in [1.82, 2.24) is 5.32 Å². The number of rotatable bonds is 6. The Morgan fingerprint density at radius 3 is 2.53 bits per heavy atom. The van der Waals surface area contributed by atoms with Gasteiger partial charge in [-0.3, -0.25) is 4.79 Å². The summed E-state index contributed by atoms with van der Waals surface area (Å²) >= 11 is 1.88. The molecule has 0 bridgehead atoms. The predicted molar refractivity (Wildman–Crippen MR) is 81.1 cm³/mol. The molecule has 1 fully saturated rings. The van der Waals surface area contributed by atoms with E-state index in [1.807, 2.05) is 49.1 Å². The third-order valence-electron chi connectivity index (χ3n) is 3.95. The van der Waals surface area contributed by atoms with Gasteiger partial charge in [-0.15, -0.1) is 0 Å². The normalized spacial score (nSPS) is 19.2. The topological polar surface area (TPSA) is 55.1 Å². The first-order valence-corrected chi connectivity index (χ1v) is 7.90. The van der Waals surface area contributed by atoms with Crippen LogP contribution in [0.25, 0.3) is 0 Å². The highest BCUT2D eigenvalue weighted by molar-refractivity contribution is 8.00. The van der Waals surface area contributed by atoms with Crippen molar-refractivity contribution >= 4 is 17.7 Å². The van der Waals surface area contributed by atoms with Gasteiger partial charge in [0, 0.05) is 11.0 Å². The maximum absolute atomic E-state index is 12.0. The number of primary amides is 1. The van der Waals surface area contributed by atoms with Crippen molar-refractivity contribution in [2.45, 2.75) is 36.5 Å². The number of amides is 1. The highest BCUT2D eigenvalue weighted by Crippen LogP contribution is 2.34. The predicted octanol–water partition coefficient (Wildman–Crippen LogP) is 2.26. The van der Waals surface area contributed by atoms with Gasteiger partial charge in [-0.25, -0.2) is 0 Å². The van der Waals surface area contributed by atoms with E-state index in [4.69, 9.17) is 5.73 Å². The molecule has 0 aromatic heterocycles. The van der Waals surface area contributed by atoms with Crippen molar-refractivity contribution in [3.05, 3.63) is 35.9 Å². The van der Waals surface area contributed by atoms with Crippen molar-refractivity contribution in [2.75, 3.05) is 12.8 Å². The molecule has 1 aromatic rings. The van der Waals surface area contributed by atoms with E-state index < -0.39 is 5.54 Å². The summed E-state index contributed by atoms with van der Waals surface area (Å²) in [5, 5.41) is 3.84. The van der Waals surface area contributed by atoms with Gasteiger partial charge in [-0.1, -0.05) is 43.2 Å². The van der Waals surface area contributed by atoms with Crippen molar-refractivity contribution in [3.63, 3.8) is 0 Å². The molecule has 2 rings (SSSR count). The molecule has 104 valence electrons. The summed E-state index contributed by atoms with van der Waals surface area (Å²) in [5.74, 6) is 0.403. The maximum Gasteiger partial charge on any atom is 0.243 e. The van der Waals surface area contributed by atoms with Crippen LogP contribution in [0, 0.1) is 0 Å². The summed E-state index contributed by atoms with van der Waals surface area (Å²) < 4.78 is 0. The fraction of sp³-hybridized carbons (Fsp3) is 0.533. The lowest BCUT2D eigenvalue weighted by molar-refractivity contribution is -0.123. The van der Waals surface area contributed by atoms with Gasteiger partial charge in [0.05, 0.1) is 0 Å². The molecule has 3 nitrogen and oxygen atoms in total. The van der Waals surface area contributed by atoms with Gasteiger partial charge in [-0.2, -0.15) is 11.8 Å². The van der Waals surface area contributed by atoms with Gasteiger partial charge in [0.2, 0.25) is 5.91 Å². The summed E-state index contributed by atoms with van der Waals surface area (Å²) in [6.45, 7) is 0. The smallest absolute Gasteiger partial charge is 0.243 e. The zero-order valence-electron chi connectivity index (χ0n) is 11.4. The fourth-order valence-corrected chi connectivity index (χ4v) is 4.26. The van der Waals surface area contributed by atoms with Crippen molar-refractivity contribution in [2.24, 2.45) is 5.73 Å². The highest BCUT2D eigenvalue weighted by atomic mass is 32.2. The Hall–Kier alpha value is -1.00. The molecule has 4 heteroatoms.